The number of aliphatic hydroxyl groups is 2. The summed E-state index contributed by atoms with van der Waals surface area (Å²) < 4.78 is 0. The topological polar surface area (TPSA) is 40.5 Å². The van der Waals surface area contributed by atoms with Crippen molar-refractivity contribution in [3.63, 3.8) is 0 Å². The maximum Gasteiger partial charge on any atom is 0.0646 e. The summed E-state index contributed by atoms with van der Waals surface area (Å²) in [5.41, 5.74) is -0.525. The third kappa shape index (κ3) is 11.7. The maximum atomic E-state index is 10.4. The van der Waals surface area contributed by atoms with Crippen molar-refractivity contribution in [3.05, 3.63) is 0 Å². The first-order valence-electron chi connectivity index (χ1n) is 9.01. The van der Waals surface area contributed by atoms with E-state index in [2.05, 4.69) is 6.92 Å². The predicted molar refractivity (Wildman–Crippen MR) is 88.0 cm³/mol. The summed E-state index contributed by atoms with van der Waals surface area (Å²) in [6, 6.07) is 0. The normalized spacial score (nSPS) is 14.4. The van der Waals surface area contributed by atoms with Crippen LogP contribution in [0.4, 0.5) is 0 Å². The van der Waals surface area contributed by atoms with E-state index in [1.807, 2.05) is 6.92 Å². The maximum absolute atomic E-state index is 10.4. The minimum Gasteiger partial charge on any atom is -0.396 e. The van der Waals surface area contributed by atoms with Crippen LogP contribution in [-0.4, -0.2) is 22.4 Å². The van der Waals surface area contributed by atoms with Crippen molar-refractivity contribution in [2.45, 2.75) is 109 Å². The summed E-state index contributed by atoms with van der Waals surface area (Å²) in [7, 11) is 0. The van der Waals surface area contributed by atoms with Gasteiger partial charge in [-0.15, -0.1) is 0 Å². The van der Waals surface area contributed by atoms with Gasteiger partial charge in [0.1, 0.15) is 0 Å². The van der Waals surface area contributed by atoms with Gasteiger partial charge in [0.2, 0.25) is 0 Å². The molecule has 2 N–H and O–H groups in total. The van der Waals surface area contributed by atoms with E-state index >= 15 is 0 Å². The van der Waals surface area contributed by atoms with Crippen molar-refractivity contribution >= 4 is 0 Å². The molecular formula is C18H38O2. The summed E-state index contributed by atoms with van der Waals surface area (Å²) in [6.45, 7) is 4.51. The van der Waals surface area contributed by atoms with Gasteiger partial charge in [-0.3, -0.25) is 0 Å². The van der Waals surface area contributed by atoms with Gasteiger partial charge in [0.05, 0.1) is 5.60 Å². The average molecular weight is 286 g/mol. The quantitative estimate of drug-likeness (QED) is 0.406. The Labute approximate surface area is 127 Å². The van der Waals surface area contributed by atoms with Crippen LogP contribution in [0.2, 0.25) is 0 Å². The Balaban J connectivity index is 3.37. The molecule has 0 amide bonds. The average Bonchev–Trinajstić information content (AvgIpc) is 2.47. The Hall–Kier alpha value is -0.0800. The van der Waals surface area contributed by atoms with Gasteiger partial charge in [-0.05, 0) is 25.7 Å². The van der Waals surface area contributed by atoms with E-state index < -0.39 is 5.60 Å². The highest BCUT2D eigenvalue weighted by Crippen LogP contribution is 2.24. The molecule has 1 unspecified atom stereocenters. The molecule has 122 valence electrons. The molecule has 0 spiro atoms. The van der Waals surface area contributed by atoms with E-state index in [0.29, 0.717) is 0 Å². The Bertz CT molecular complexity index is 194. The van der Waals surface area contributed by atoms with Crippen LogP contribution in [0.3, 0.4) is 0 Å². The molecule has 0 rings (SSSR count). The first kappa shape index (κ1) is 19.9. The zero-order valence-corrected chi connectivity index (χ0v) is 14.0. The van der Waals surface area contributed by atoms with Gasteiger partial charge in [-0.25, -0.2) is 0 Å². The van der Waals surface area contributed by atoms with E-state index in [1.165, 1.54) is 57.8 Å². The molecule has 0 aliphatic heterocycles. The molecule has 1 atom stereocenters. The second kappa shape index (κ2) is 13.9. The molecule has 0 aromatic carbocycles. The highest BCUT2D eigenvalue weighted by atomic mass is 16.3. The Morgan fingerprint density at radius 2 is 1.10 bits per heavy atom. The van der Waals surface area contributed by atoms with E-state index in [4.69, 9.17) is 5.11 Å². The highest BCUT2D eigenvalue weighted by Gasteiger charge is 2.22. The van der Waals surface area contributed by atoms with E-state index in [-0.39, 0.29) is 6.61 Å². The molecule has 0 fully saturated rings. The molecule has 0 aromatic heterocycles. The smallest absolute Gasteiger partial charge is 0.0646 e. The summed E-state index contributed by atoms with van der Waals surface area (Å²) in [5, 5.41) is 19.2. The fourth-order valence-electron chi connectivity index (χ4n) is 2.83. The van der Waals surface area contributed by atoms with Crippen molar-refractivity contribution in [1.82, 2.24) is 0 Å². The molecule has 0 radical (unpaired) electrons. The van der Waals surface area contributed by atoms with Crippen LogP contribution >= 0.6 is 0 Å². The summed E-state index contributed by atoms with van der Waals surface area (Å²) >= 11 is 0. The lowest BCUT2D eigenvalue weighted by atomic mass is 9.88. The molecule has 0 aliphatic carbocycles. The molecule has 20 heavy (non-hydrogen) atoms. The Morgan fingerprint density at radius 1 is 0.650 bits per heavy atom. The van der Waals surface area contributed by atoms with Crippen LogP contribution in [0.5, 0.6) is 0 Å². The van der Waals surface area contributed by atoms with Crippen LogP contribution in [0.25, 0.3) is 0 Å². The second-order valence-corrected chi connectivity index (χ2v) is 6.34. The van der Waals surface area contributed by atoms with E-state index in [9.17, 15) is 5.11 Å². The third-order valence-electron chi connectivity index (χ3n) is 4.45. The number of hydrogen-bond donors (Lipinski definition) is 2. The predicted octanol–water partition coefficient (Wildman–Crippen LogP) is 5.21. The fourth-order valence-corrected chi connectivity index (χ4v) is 2.83. The molecule has 0 aromatic rings. The lowest BCUT2D eigenvalue weighted by molar-refractivity contribution is 0.0106. The van der Waals surface area contributed by atoms with Crippen molar-refractivity contribution in [1.29, 1.82) is 0 Å². The summed E-state index contributed by atoms with van der Waals surface area (Å²) in [6.07, 6.45) is 16.5. The summed E-state index contributed by atoms with van der Waals surface area (Å²) in [4.78, 5) is 0. The van der Waals surface area contributed by atoms with Crippen LogP contribution in [0.1, 0.15) is 104 Å². The van der Waals surface area contributed by atoms with Crippen LogP contribution in [0, 0.1) is 0 Å². The first-order valence-corrected chi connectivity index (χ1v) is 9.01. The lowest BCUT2D eigenvalue weighted by Gasteiger charge is -2.26. The van der Waals surface area contributed by atoms with Gasteiger partial charge < -0.3 is 10.2 Å². The van der Waals surface area contributed by atoms with Gasteiger partial charge in [-0.1, -0.05) is 78.1 Å². The monoisotopic (exact) mass is 286 g/mol. The minimum atomic E-state index is -0.525. The van der Waals surface area contributed by atoms with Crippen LogP contribution < -0.4 is 0 Å². The number of hydrogen-bond acceptors (Lipinski definition) is 2. The van der Waals surface area contributed by atoms with Crippen LogP contribution in [-0.2, 0) is 0 Å². The van der Waals surface area contributed by atoms with Crippen molar-refractivity contribution in [2.24, 2.45) is 0 Å². The lowest BCUT2D eigenvalue weighted by Crippen LogP contribution is -2.27. The molecule has 0 aliphatic rings. The SMILES string of the molecule is CCCCCCCCCCCCC(O)(CC)CCCO. The standard InChI is InChI=1S/C18H38O2/c1-3-5-6-7-8-9-10-11-12-13-15-18(20,4-2)16-14-17-19/h19-20H,3-17H2,1-2H3. The largest absolute Gasteiger partial charge is 0.396 e. The molecule has 0 bridgehead atoms. The molecular weight excluding hydrogens is 248 g/mol. The Morgan fingerprint density at radius 3 is 1.55 bits per heavy atom. The minimum absolute atomic E-state index is 0.195. The molecule has 0 heterocycles. The number of aliphatic hydroxyl groups excluding tert-OH is 1. The molecule has 2 nitrogen and oxygen atoms in total. The van der Waals surface area contributed by atoms with Gasteiger partial charge in [0, 0.05) is 6.61 Å². The molecule has 0 saturated heterocycles. The fraction of sp³-hybridized carbons (Fsp3) is 1.00. The number of unbranched alkanes of at least 4 members (excludes halogenated alkanes) is 9. The van der Waals surface area contributed by atoms with Crippen molar-refractivity contribution in [3.8, 4) is 0 Å². The zero-order chi connectivity index (χ0) is 15.1. The molecule has 0 saturated carbocycles. The summed E-state index contributed by atoms with van der Waals surface area (Å²) in [5.74, 6) is 0. The van der Waals surface area contributed by atoms with Crippen LogP contribution in [0.15, 0.2) is 0 Å². The highest BCUT2D eigenvalue weighted by molar-refractivity contribution is 4.76. The number of rotatable bonds is 15. The van der Waals surface area contributed by atoms with Gasteiger partial charge in [-0.2, -0.15) is 0 Å². The third-order valence-corrected chi connectivity index (χ3v) is 4.45. The second-order valence-electron chi connectivity index (χ2n) is 6.34. The zero-order valence-electron chi connectivity index (χ0n) is 14.0. The van der Waals surface area contributed by atoms with Gasteiger partial charge in [0.15, 0.2) is 0 Å². The van der Waals surface area contributed by atoms with E-state index in [1.54, 1.807) is 0 Å². The van der Waals surface area contributed by atoms with Gasteiger partial charge >= 0.3 is 0 Å². The van der Waals surface area contributed by atoms with Crippen molar-refractivity contribution < 1.29 is 10.2 Å². The first-order chi connectivity index (χ1) is 9.68. The van der Waals surface area contributed by atoms with E-state index in [0.717, 1.165) is 32.1 Å². The molecule has 2 heteroatoms. The Kier molecular flexibility index (Phi) is 13.8. The van der Waals surface area contributed by atoms with Crippen molar-refractivity contribution in [2.75, 3.05) is 6.61 Å². The van der Waals surface area contributed by atoms with Gasteiger partial charge in [0.25, 0.3) is 0 Å².